The van der Waals surface area contributed by atoms with Crippen LogP contribution in [0.5, 0.6) is 11.5 Å². The third-order valence-corrected chi connectivity index (χ3v) is 5.04. The molecule has 1 fully saturated rings. The quantitative estimate of drug-likeness (QED) is 0.552. The van der Waals surface area contributed by atoms with Gasteiger partial charge in [0.15, 0.2) is 11.5 Å². The molecular formula is C24H29N2O3+. The van der Waals surface area contributed by atoms with E-state index >= 15 is 0 Å². The van der Waals surface area contributed by atoms with Gasteiger partial charge in [-0.3, -0.25) is 4.79 Å². The highest BCUT2D eigenvalue weighted by Gasteiger charge is 2.22. The molecule has 152 valence electrons. The average Bonchev–Trinajstić information content (AvgIpc) is 2.77. The lowest BCUT2D eigenvalue weighted by molar-refractivity contribution is -0.917. The van der Waals surface area contributed by atoms with Crippen molar-refractivity contribution in [3.05, 3.63) is 78.4 Å². The van der Waals surface area contributed by atoms with Crippen molar-refractivity contribution in [2.45, 2.75) is 6.54 Å². The van der Waals surface area contributed by atoms with Crippen molar-refractivity contribution in [3.8, 4) is 11.5 Å². The first kappa shape index (κ1) is 20.7. The van der Waals surface area contributed by atoms with Crippen LogP contribution in [0.25, 0.3) is 6.08 Å². The summed E-state index contributed by atoms with van der Waals surface area (Å²) in [5.41, 5.74) is 2.24. The number of nitrogens with one attached hydrogen (secondary N) is 1. The van der Waals surface area contributed by atoms with Gasteiger partial charge in [0.05, 0.1) is 33.3 Å². The molecule has 0 spiro atoms. The maximum absolute atomic E-state index is 12.6. The van der Waals surface area contributed by atoms with Crippen molar-refractivity contribution in [2.75, 3.05) is 39.9 Å². The molecule has 1 N–H and O–H groups in total. The Morgan fingerprint density at radius 2 is 1.90 bits per heavy atom. The summed E-state index contributed by atoms with van der Waals surface area (Å²) in [6.45, 7) is 8.58. The second kappa shape index (κ2) is 10.5. The molecule has 0 aliphatic carbocycles. The Bertz CT molecular complexity index is 840. The molecule has 0 radical (unpaired) electrons. The molecule has 0 atom stereocenters. The van der Waals surface area contributed by atoms with E-state index in [1.165, 1.54) is 10.5 Å². The Hall–Kier alpha value is -3.05. The number of rotatable bonds is 8. The number of quaternary nitrogens is 1. The number of amides is 1. The smallest absolute Gasteiger partial charge is 0.246 e. The second-order valence-corrected chi connectivity index (χ2v) is 7.08. The van der Waals surface area contributed by atoms with Gasteiger partial charge in [0.2, 0.25) is 5.91 Å². The minimum Gasteiger partial charge on any atom is -0.493 e. The van der Waals surface area contributed by atoms with Crippen LogP contribution in [0.2, 0.25) is 0 Å². The van der Waals surface area contributed by atoms with Crippen LogP contribution in [0.3, 0.4) is 0 Å². The monoisotopic (exact) mass is 393 g/mol. The van der Waals surface area contributed by atoms with E-state index in [-0.39, 0.29) is 5.91 Å². The van der Waals surface area contributed by atoms with Crippen molar-refractivity contribution in [1.29, 1.82) is 0 Å². The van der Waals surface area contributed by atoms with Gasteiger partial charge in [-0.1, -0.05) is 49.1 Å². The molecule has 1 amide bonds. The molecule has 0 bridgehead atoms. The number of hydrogen-bond donors (Lipinski definition) is 1. The highest BCUT2D eigenvalue weighted by atomic mass is 16.5. The number of piperazine rings is 1. The molecule has 1 aliphatic heterocycles. The third kappa shape index (κ3) is 5.96. The van der Waals surface area contributed by atoms with E-state index in [1.807, 2.05) is 35.2 Å². The number of benzene rings is 2. The molecule has 1 heterocycles. The Balaban J connectivity index is 1.52. The highest BCUT2D eigenvalue weighted by molar-refractivity contribution is 5.91. The molecule has 1 aliphatic rings. The van der Waals surface area contributed by atoms with Crippen molar-refractivity contribution in [3.63, 3.8) is 0 Å². The fourth-order valence-corrected chi connectivity index (χ4v) is 3.43. The first-order valence-electron chi connectivity index (χ1n) is 9.96. The number of carbonyl (C=O) groups excluding carboxylic acids is 1. The van der Waals surface area contributed by atoms with Gasteiger partial charge in [0, 0.05) is 11.6 Å². The lowest BCUT2D eigenvalue weighted by atomic mass is 10.1. The predicted octanol–water partition coefficient (Wildman–Crippen LogP) is 2.20. The number of methoxy groups -OCH3 is 1. The number of carbonyl (C=O) groups is 1. The molecule has 2 aromatic carbocycles. The molecule has 29 heavy (non-hydrogen) atoms. The number of nitrogens with zero attached hydrogens (tertiary/aromatic N) is 1. The van der Waals surface area contributed by atoms with E-state index in [1.54, 1.807) is 19.3 Å². The summed E-state index contributed by atoms with van der Waals surface area (Å²) < 4.78 is 10.9. The maximum atomic E-state index is 12.6. The Labute approximate surface area is 172 Å². The van der Waals surface area contributed by atoms with Crippen molar-refractivity contribution in [1.82, 2.24) is 4.90 Å². The van der Waals surface area contributed by atoms with Crippen molar-refractivity contribution >= 4 is 12.0 Å². The summed E-state index contributed by atoms with van der Waals surface area (Å²) in [4.78, 5) is 16.0. The fourth-order valence-electron chi connectivity index (χ4n) is 3.43. The molecule has 0 unspecified atom stereocenters. The summed E-state index contributed by atoms with van der Waals surface area (Å²) >= 11 is 0. The van der Waals surface area contributed by atoms with Crippen LogP contribution in [-0.2, 0) is 11.3 Å². The van der Waals surface area contributed by atoms with Gasteiger partial charge in [-0.15, -0.1) is 0 Å². The van der Waals surface area contributed by atoms with Crippen LogP contribution in [0.1, 0.15) is 11.1 Å². The van der Waals surface area contributed by atoms with Gasteiger partial charge in [-0.25, -0.2) is 0 Å². The lowest BCUT2D eigenvalue weighted by Crippen LogP contribution is -3.13. The summed E-state index contributed by atoms with van der Waals surface area (Å²) in [7, 11) is 1.60. The van der Waals surface area contributed by atoms with Crippen LogP contribution >= 0.6 is 0 Å². The Kier molecular flexibility index (Phi) is 7.47. The van der Waals surface area contributed by atoms with E-state index in [4.69, 9.17) is 9.47 Å². The van der Waals surface area contributed by atoms with E-state index in [0.29, 0.717) is 18.1 Å². The zero-order chi connectivity index (χ0) is 20.5. The molecule has 1 saturated heterocycles. The second-order valence-electron chi connectivity index (χ2n) is 7.08. The minimum absolute atomic E-state index is 0.0507. The summed E-state index contributed by atoms with van der Waals surface area (Å²) in [6, 6.07) is 16.1. The van der Waals surface area contributed by atoms with Crippen LogP contribution in [0, 0.1) is 0 Å². The Morgan fingerprint density at radius 3 is 2.59 bits per heavy atom. The van der Waals surface area contributed by atoms with Crippen molar-refractivity contribution in [2.24, 2.45) is 0 Å². The van der Waals surface area contributed by atoms with Gasteiger partial charge in [-0.2, -0.15) is 0 Å². The van der Waals surface area contributed by atoms with Crippen molar-refractivity contribution < 1.29 is 19.2 Å². The summed E-state index contributed by atoms with van der Waals surface area (Å²) in [5.74, 6) is 1.35. The van der Waals surface area contributed by atoms with Gasteiger partial charge in [-0.05, 0) is 23.8 Å². The van der Waals surface area contributed by atoms with E-state index in [0.717, 1.165) is 38.3 Å². The van der Waals surface area contributed by atoms with Crippen LogP contribution in [0.4, 0.5) is 0 Å². The summed E-state index contributed by atoms with van der Waals surface area (Å²) in [6.07, 6.45) is 5.15. The number of hydrogen-bond acceptors (Lipinski definition) is 3. The maximum Gasteiger partial charge on any atom is 0.246 e. The summed E-state index contributed by atoms with van der Waals surface area (Å²) in [5, 5.41) is 0. The highest BCUT2D eigenvalue weighted by Crippen LogP contribution is 2.28. The van der Waals surface area contributed by atoms with Gasteiger partial charge >= 0.3 is 0 Å². The van der Waals surface area contributed by atoms with Crippen LogP contribution < -0.4 is 14.4 Å². The zero-order valence-corrected chi connectivity index (χ0v) is 17.0. The zero-order valence-electron chi connectivity index (χ0n) is 17.0. The largest absolute Gasteiger partial charge is 0.493 e. The first-order valence-corrected chi connectivity index (χ1v) is 9.96. The van der Waals surface area contributed by atoms with E-state index in [2.05, 4.69) is 30.8 Å². The molecule has 5 nitrogen and oxygen atoms in total. The average molecular weight is 394 g/mol. The standard InChI is InChI=1S/C24H28N2O3/c1-3-17-29-22-11-9-20(18-23(22)28-2)10-12-24(27)26-15-13-25(14-16-26)19-21-7-5-4-6-8-21/h3-12,18H,1,13-17,19H2,2H3/p+1/b12-10+. The van der Waals surface area contributed by atoms with E-state index in [9.17, 15) is 4.79 Å². The SMILES string of the molecule is C=CCOc1ccc(/C=C/C(=O)N2CC[NH+](Cc3ccccc3)CC2)cc1OC. The Morgan fingerprint density at radius 1 is 1.14 bits per heavy atom. The molecule has 5 heteroatoms. The molecule has 2 aromatic rings. The number of ether oxygens (including phenoxy) is 2. The first-order chi connectivity index (χ1) is 14.2. The lowest BCUT2D eigenvalue weighted by Gasteiger charge is -2.31. The molecule has 0 saturated carbocycles. The van der Waals surface area contributed by atoms with Gasteiger partial charge < -0.3 is 19.3 Å². The molecule has 3 rings (SSSR count). The molecule has 0 aromatic heterocycles. The molecular weight excluding hydrogens is 364 g/mol. The minimum atomic E-state index is 0.0507. The van der Waals surface area contributed by atoms with Crippen LogP contribution in [-0.4, -0.2) is 50.7 Å². The van der Waals surface area contributed by atoms with Gasteiger partial charge in [0.1, 0.15) is 13.2 Å². The fraction of sp³-hybridized carbons (Fsp3) is 0.292. The third-order valence-electron chi connectivity index (χ3n) is 5.04. The van der Waals surface area contributed by atoms with Gasteiger partial charge in [0.25, 0.3) is 0 Å². The topological polar surface area (TPSA) is 43.2 Å². The predicted molar refractivity (Wildman–Crippen MR) is 115 cm³/mol. The van der Waals surface area contributed by atoms with E-state index < -0.39 is 0 Å². The van der Waals surface area contributed by atoms with Crippen LogP contribution in [0.15, 0.2) is 67.3 Å². The normalized spacial score (nSPS) is 14.7.